The zero-order valence-corrected chi connectivity index (χ0v) is 21.6. The van der Waals surface area contributed by atoms with E-state index in [-0.39, 0.29) is 11.7 Å². The van der Waals surface area contributed by atoms with Crippen LogP contribution in [0.4, 0.5) is 13.2 Å². The van der Waals surface area contributed by atoms with E-state index in [4.69, 9.17) is 16.6 Å². The molecule has 0 spiro atoms. The summed E-state index contributed by atoms with van der Waals surface area (Å²) in [5.41, 5.74) is 2.59. The highest BCUT2D eigenvalue weighted by Crippen LogP contribution is 2.27. The van der Waals surface area contributed by atoms with Gasteiger partial charge in [0.15, 0.2) is 4.80 Å². The van der Waals surface area contributed by atoms with Gasteiger partial charge in [-0.2, -0.15) is 0 Å². The Morgan fingerprint density at radius 1 is 1.08 bits per heavy atom. The Labute approximate surface area is 217 Å². The van der Waals surface area contributed by atoms with Crippen molar-refractivity contribution in [2.24, 2.45) is 4.99 Å². The smallest absolute Gasteiger partial charge is 0.406 e. The second-order valence-electron chi connectivity index (χ2n) is 8.23. The molecule has 0 saturated heterocycles. The number of ether oxygens (including phenoxy) is 1. The summed E-state index contributed by atoms with van der Waals surface area (Å²) in [7, 11) is 0. The summed E-state index contributed by atoms with van der Waals surface area (Å²) >= 11 is 7.42. The van der Waals surface area contributed by atoms with Crippen molar-refractivity contribution in [2.75, 3.05) is 6.54 Å². The number of carbonyl (C=O) groups excluding carboxylic acids is 1. The van der Waals surface area contributed by atoms with Gasteiger partial charge in [-0.1, -0.05) is 43.5 Å². The zero-order chi connectivity index (χ0) is 26.0. The zero-order valence-electron chi connectivity index (χ0n) is 20.0. The second kappa shape index (κ2) is 13.5. The van der Waals surface area contributed by atoms with Crippen LogP contribution in [0.25, 0.3) is 11.3 Å². The van der Waals surface area contributed by atoms with Crippen LogP contribution in [0.2, 0.25) is 5.02 Å². The van der Waals surface area contributed by atoms with Crippen molar-refractivity contribution in [1.29, 1.82) is 0 Å². The first-order chi connectivity index (χ1) is 17.2. The van der Waals surface area contributed by atoms with Crippen LogP contribution in [0.15, 0.2) is 58.9 Å². The predicted octanol–water partition coefficient (Wildman–Crippen LogP) is 6.96. The highest BCUT2D eigenvalue weighted by Gasteiger charge is 2.31. The van der Waals surface area contributed by atoms with Gasteiger partial charge in [-0.3, -0.25) is 9.79 Å². The lowest BCUT2D eigenvalue weighted by molar-refractivity contribution is -0.274. The number of amides is 1. The normalized spacial score (nSPS) is 12.1. The van der Waals surface area contributed by atoms with Crippen LogP contribution in [0.3, 0.4) is 0 Å². The number of alkyl halides is 3. The van der Waals surface area contributed by atoms with E-state index >= 15 is 0 Å². The molecule has 1 N–H and O–H groups in total. The molecule has 1 heterocycles. The number of aromatic nitrogens is 1. The molecule has 3 aromatic rings. The average molecular weight is 540 g/mol. The Bertz CT molecular complexity index is 1170. The van der Waals surface area contributed by atoms with Crippen LogP contribution in [-0.2, 0) is 17.9 Å². The van der Waals surface area contributed by atoms with Crippen molar-refractivity contribution in [1.82, 2.24) is 9.88 Å². The molecule has 194 valence electrons. The van der Waals surface area contributed by atoms with E-state index in [9.17, 15) is 18.0 Å². The van der Waals surface area contributed by atoms with Crippen LogP contribution >= 0.6 is 22.9 Å². The first kappa shape index (κ1) is 27.8. The van der Waals surface area contributed by atoms with Gasteiger partial charge in [-0.25, -0.2) is 0 Å². The Kier molecular flexibility index (Phi) is 10.4. The van der Waals surface area contributed by atoms with Crippen molar-refractivity contribution in [3.8, 4) is 17.0 Å². The number of nitrogens with one attached hydrogen (secondary N) is 1. The molecule has 0 bridgehead atoms. The number of hydrogen-bond donors (Lipinski definition) is 1. The van der Waals surface area contributed by atoms with Crippen LogP contribution in [0.1, 0.15) is 44.6 Å². The van der Waals surface area contributed by atoms with Gasteiger partial charge in [0, 0.05) is 29.9 Å². The molecule has 3 rings (SSSR count). The summed E-state index contributed by atoms with van der Waals surface area (Å²) in [4.78, 5) is 17.6. The summed E-state index contributed by atoms with van der Waals surface area (Å²) in [6.45, 7) is 3.68. The van der Waals surface area contributed by atoms with E-state index in [0.29, 0.717) is 37.5 Å². The summed E-state index contributed by atoms with van der Waals surface area (Å²) in [6, 6.07) is 13.2. The van der Waals surface area contributed by atoms with Gasteiger partial charge in [-0.15, -0.1) is 24.5 Å². The van der Waals surface area contributed by atoms with Gasteiger partial charge < -0.3 is 14.6 Å². The van der Waals surface area contributed by atoms with Gasteiger partial charge in [-0.05, 0) is 60.4 Å². The molecule has 0 aliphatic carbocycles. The Balaban J connectivity index is 1.76. The first-order valence-corrected chi connectivity index (χ1v) is 13.1. The molecule has 0 aliphatic heterocycles. The number of thiazole rings is 1. The summed E-state index contributed by atoms with van der Waals surface area (Å²) in [5.74, 6) is -0.224. The highest BCUT2D eigenvalue weighted by molar-refractivity contribution is 7.07. The van der Waals surface area contributed by atoms with Crippen LogP contribution in [0, 0.1) is 0 Å². The van der Waals surface area contributed by atoms with Crippen LogP contribution < -0.4 is 14.9 Å². The van der Waals surface area contributed by atoms with Gasteiger partial charge in [0.05, 0.1) is 12.2 Å². The van der Waals surface area contributed by atoms with E-state index in [1.807, 2.05) is 34.2 Å². The summed E-state index contributed by atoms with van der Waals surface area (Å²) in [6.07, 6.45) is -0.541. The standard InChI is InChI=1S/C26H29ClF3N3O2S/c1-2-3-4-6-24(34)31-15-5-16-33-23(20-9-13-22(14-10-20)35-26(28,29)30)18-36-25(33)32-17-19-7-11-21(27)12-8-19/h7-14,18H,2-6,15-17H2,1H3,(H,31,34)/b32-25-. The third-order valence-corrected chi connectivity index (χ3v) is 6.53. The maximum absolute atomic E-state index is 12.5. The summed E-state index contributed by atoms with van der Waals surface area (Å²) < 4.78 is 43.6. The molecule has 2 aromatic carbocycles. The average Bonchev–Trinajstić information content (AvgIpc) is 3.24. The maximum Gasteiger partial charge on any atom is 0.573 e. The molecule has 0 saturated carbocycles. The van der Waals surface area contributed by atoms with E-state index in [0.717, 1.165) is 40.9 Å². The fourth-order valence-corrected chi connectivity index (χ4v) is 4.63. The minimum Gasteiger partial charge on any atom is -0.406 e. The predicted molar refractivity (Wildman–Crippen MR) is 137 cm³/mol. The molecule has 1 amide bonds. The molecule has 10 heteroatoms. The van der Waals surface area contributed by atoms with Crippen molar-refractivity contribution >= 4 is 28.8 Å². The summed E-state index contributed by atoms with van der Waals surface area (Å²) in [5, 5.41) is 5.55. The number of benzene rings is 2. The SMILES string of the molecule is CCCCCC(=O)NCCCn1c(-c2ccc(OC(F)(F)F)cc2)cs/c1=N\Cc1ccc(Cl)cc1. The number of rotatable bonds is 12. The van der Waals surface area contributed by atoms with Gasteiger partial charge in [0.25, 0.3) is 0 Å². The van der Waals surface area contributed by atoms with Crippen LogP contribution in [0.5, 0.6) is 5.75 Å². The monoisotopic (exact) mass is 539 g/mol. The Morgan fingerprint density at radius 3 is 2.47 bits per heavy atom. The lowest BCUT2D eigenvalue weighted by Gasteiger charge is -2.12. The quantitative estimate of drug-likeness (QED) is 0.253. The van der Waals surface area contributed by atoms with Crippen LogP contribution in [-0.4, -0.2) is 23.4 Å². The number of nitrogens with zero attached hydrogens (tertiary/aromatic N) is 2. The van der Waals surface area contributed by atoms with Gasteiger partial charge >= 0.3 is 6.36 Å². The molecular formula is C26H29ClF3N3O2S. The number of unbranched alkanes of at least 4 members (excludes halogenated alkanes) is 2. The first-order valence-electron chi connectivity index (χ1n) is 11.8. The largest absolute Gasteiger partial charge is 0.573 e. The minimum absolute atomic E-state index is 0.0481. The fourth-order valence-electron chi connectivity index (χ4n) is 3.57. The Morgan fingerprint density at radius 2 is 1.81 bits per heavy atom. The van der Waals surface area contributed by atoms with Crippen molar-refractivity contribution < 1.29 is 22.7 Å². The topological polar surface area (TPSA) is 55.6 Å². The highest BCUT2D eigenvalue weighted by atomic mass is 35.5. The molecular weight excluding hydrogens is 511 g/mol. The molecule has 0 unspecified atom stereocenters. The number of halogens is 4. The van der Waals surface area contributed by atoms with E-state index in [1.54, 1.807) is 12.1 Å². The lowest BCUT2D eigenvalue weighted by Crippen LogP contribution is -2.26. The fraction of sp³-hybridized carbons (Fsp3) is 0.385. The van der Waals surface area contributed by atoms with Gasteiger partial charge in [0.2, 0.25) is 5.91 Å². The van der Waals surface area contributed by atoms with Crippen molar-refractivity contribution in [3.63, 3.8) is 0 Å². The second-order valence-corrected chi connectivity index (χ2v) is 9.50. The molecule has 36 heavy (non-hydrogen) atoms. The van der Waals surface area contributed by atoms with Gasteiger partial charge in [0.1, 0.15) is 5.75 Å². The van der Waals surface area contributed by atoms with E-state index in [2.05, 4.69) is 17.0 Å². The van der Waals surface area contributed by atoms with E-state index in [1.165, 1.54) is 23.5 Å². The number of carbonyl (C=O) groups is 1. The lowest BCUT2D eigenvalue weighted by atomic mass is 10.1. The minimum atomic E-state index is -4.74. The van der Waals surface area contributed by atoms with E-state index < -0.39 is 6.36 Å². The molecule has 0 aliphatic rings. The van der Waals surface area contributed by atoms with Crippen molar-refractivity contribution in [3.05, 3.63) is 69.3 Å². The maximum atomic E-state index is 12.5. The molecule has 5 nitrogen and oxygen atoms in total. The number of hydrogen-bond acceptors (Lipinski definition) is 4. The third kappa shape index (κ3) is 9.02. The molecule has 0 atom stereocenters. The Hall–Kier alpha value is -2.78. The molecule has 1 aromatic heterocycles. The third-order valence-electron chi connectivity index (χ3n) is 5.38. The molecule has 0 radical (unpaired) electrons. The van der Waals surface area contributed by atoms with Crippen molar-refractivity contribution in [2.45, 2.75) is 58.5 Å². The molecule has 0 fully saturated rings.